The van der Waals surface area contributed by atoms with Gasteiger partial charge in [0.05, 0.1) is 12.5 Å². The smallest absolute Gasteiger partial charge is 0.229 e. The lowest BCUT2D eigenvalue weighted by Gasteiger charge is -2.43. The van der Waals surface area contributed by atoms with Crippen LogP contribution in [0.4, 0.5) is 22.9 Å². The standard InChI is InChI=1S/C26H32N8O2S/c1-26(2,3)34-14-12-33(13-15-34)21-10-8-19(9-11-21)28-25-23-22(17-27-31-23)29-24(30-25)18-6-5-7-20(16-18)32-37(4,35)36/h5-11,16-17,32H,12-15H2,1-4H3,(H,27,31)(H,28,29,30). The molecule has 1 saturated heterocycles. The van der Waals surface area contributed by atoms with Crippen molar-refractivity contribution in [3.05, 3.63) is 54.7 Å². The highest BCUT2D eigenvalue weighted by atomic mass is 32.2. The second-order valence-corrected chi connectivity index (χ2v) is 12.0. The summed E-state index contributed by atoms with van der Waals surface area (Å²) in [5, 5.41) is 10.5. The first-order valence-electron chi connectivity index (χ1n) is 12.2. The number of nitrogens with one attached hydrogen (secondary N) is 3. The summed E-state index contributed by atoms with van der Waals surface area (Å²) in [5.74, 6) is 1.05. The lowest BCUT2D eigenvalue weighted by atomic mass is 10.0. The van der Waals surface area contributed by atoms with Crippen LogP contribution in [0.3, 0.4) is 0 Å². The van der Waals surface area contributed by atoms with Gasteiger partial charge in [0.25, 0.3) is 0 Å². The molecule has 1 aliphatic heterocycles. The van der Waals surface area contributed by atoms with Crippen molar-refractivity contribution in [1.29, 1.82) is 0 Å². The van der Waals surface area contributed by atoms with E-state index in [1.807, 2.05) is 18.2 Å². The van der Waals surface area contributed by atoms with Gasteiger partial charge in [0.15, 0.2) is 11.6 Å². The Kier molecular flexibility index (Phi) is 6.50. The molecule has 1 aliphatic rings. The van der Waals surface area contributed by atoms with Crippen LogP contribution in [0.25, 0.3) is 22.4 Å². The first kappa shape index (κ1) is 25.0. The van der Waals surface area contributed by atoms with Crippen LogP contribution in [0, 0.1) is 0 Å². The monoisotopic (exact) mass is 520 g/mol. The van der Waals surface area contributed by atoms with Crippen molar-refractivity contribution in [3.8, 4) is 11.4 Å². The molecule has 2 aromatic carbocycles. The van der Waals surface area contributed by atoms with Crippen molar-refractivity contribution in [2.75, 3.05) is 47.4 Å². The summed E-state index contributed by atoms with van der Waals surface area (Å²) in [4.78, 5) is 14.3. The molecule has 0 amide bonds. The molecule has 0 saturated carbocycles. The predicted molar refractivity (Wildman–Crippen MR) is 149 cm³/mol. The van der Waals surface area contributed by atoms with E-state index in [0.29, 0.717) is 33.9 Å². The summed E-state index contributed by atoms with van der Waals surface area (Å²) >= 11 is 0. The van der Waals surface area contributed by atoms with Crippen LogP contribution in [0.15, 0.2) is 54.7 Å². The van der Waals surface area contributed by atoms with E-state index in [2.05, 4.69) is 67.9 Å². The Morgan fingerprint density at radius 1 is 0.946 bits per heavy atom. The molecule has 0 bridgehead atoms. The zero-order valence-electron chi connectivity index (χ0n) is 21.5. The third-order valence-corrected chi connectivity index (χ3v) is 7.05. The van der Waals surface area contributed by atoms with Crippen LogP contribution in [0.5, 0.6) is 0 Å². The molecule has 3 heterocycles. The molecule has 194 valence electrons. The highest BCUT2D eigenvalue weighted by Crippen LogP contribution is 2.29. The van der Waals surface area contributed by atoms with E-state index in [4.69, 9.17) is 4.98 Å². The van der Waals surface area contributed by atoms with Gasteiger partial charge in [-0.2, -0.15) is 5.10 Å². The largest absolute Gasteiger partial charge is 0.369 e. The van der Waals surface area contributed by atoms with Gasteiger partial charge in [-0.3, -0.25) is 14.7 Å². The quantitative estimate of drug-likeness (QED) is 0.348. The fourth-order valence-electron chi connectivity index (χ4n) is 4.52. The molecule has 0 unspecified atom stereocenters. The fraction of sp³-hybridized carbons (Fsp3) is 0.346. The molecule has 2 aromatic heterocycles. The molecular formula is C26H32N8O2S. The van der Waals surface area contributed by atoms with E-state index in [1.165, 1.54) is 5.69 Å². The molecule has 0 spiro atoms. The molecule has 11 heteroatoms. The van der Waals surface area contributed by atoms with Crippen molar-refractivity contribution >= 4 is 43.9 Å². The van der Waals surface area contributed by atoms with Gasteiger partial charge in [-0.15, -0.1) is 0 Å². The van der Waals surface area contributed by atoms with Gasteiger partial charge >= 0.3 is 0 Å². The number of aromatic nitrogens is 4. The second kappa shape index (κ2) is 9.64. The maximum Gasteiger partial charge on any atom is 0.229 e. The zero-order chi connectivity index (χ0) is 26.2. The molecule has 1 fully saturated rings. The first-order chi connectivity index (χ1) is 17.5. The average molecular weight is 521 g/mol. The van der Waals surface area contributed by atoms with E-state index in [1.54, 1.807) is 24.4 Å². The number of H-pyrrole nitrogens is 1. The summed E-state index contributed by atoms with van der Waals surface area (Å²) in [7, 11) is -3.40. The number of benzene rings is 2. The number of piperazine rings is 1. The summed E-state index contributed by atoms with van der Waals surface area (Å²) in [5.41, 5.74) is 4.77. The van der Waals surface area contributed by atoms with Gasteiger partial charge < -0.3 is 10.2 Å². The third kappa shape index (κ3) is 5.83. The summed E-state index contributed by atoms with van der Waals surface area (Å²) < 4.78 is 25.8. The lowest BCUT2D eigenvalue weighted by Crippen LogP contribution is -2.53. The van der Waals surface area contributed by atoms with Crippen LogP contribution >= 0.6 is 0 Å². The van der Waals surface area contributed by atoms with Crippen LogP contribution in [-0.4, -0.2) is 71.5 Å². The van der Waals surface area contributed by atoms with Crippen LogP contribution in [0.1, 0.15) is 20.8 Å². The van der Waals surface area contributed by atoms with Gasteiger partial charge in [0.1, 0.15) is 11.0 Å². The molecule has 3 N–H and O–H groups in total. The predicted octanol–water partition coefficient (Wildman–Crippen LogP) is 4.06. The van der Waals surface area contributed by atoms with Crippen LogP contribution < -0.4 is 14.9 Å². The highest BCUT2D eigenvalue weighted by Gasteiger charge is 2.25. The maximum absolute atomic E-state index is 11.7. The highest BCUT2D eigenvalue weighted by molar-refractivity contribution is 7.92. The van der Waals surface area contributed by atoms with Gasteiger partial charge in [-0.1, -0.05) is 12.1 Å². The molecule has 0 radical (unpaired) electrons. The molecule has 0 aliphatic carbocycles. The van der Waals surface area contributed by atoms with Crippen LogP contribution in [-0.2, 0) is 10.0 Å². The topological polar surface area (TPSA) is 119 Å². The number of nitrogens with zero attached hydrogens (tertiary/aromatic N) is 5. The summed E-state index contributed by atoms with van der Waals surface area (Å²) in [6.45, 7) is 10.9. The van der Waals surface area contributed by atoms with Crippen molar-refractivity contribution in [1.82, 2.24) is 25.1 Å². The Morgan fingerprint density at radius 2 is 1.68 bits per heavy atom. The summed E-state index contributed by atoms with van der Waals surface area (Å²) in [6, 6.07) is 15.3. The Morgan fingerprint density at radius 3 is 2.35 bits per heavy atom. The fourth-order valence-corrected chi connectivity index (χ4v) is 5.08. The minimum Gasteiger partial charge on any atom is -0.369 e. The first-order valence-corrected chi connectivity index (χ1v) is 14.1. The Hall–Kier alpha value is -3.70. The average Bonchev–Trinajstić information content (AvgIpc) is 3.32. The molecular weight excluding hydrogens is 488 g/mol. The number of anilines is 4. The van der Waals surface area contributed by atoms with E-state index >= 15 is 0 Å². The van der Waals surface area contributed by atoms with Gasteiger partial charge in [-0.05, 0) is 57.2 Å². The lowest BCUT2D eigenvalue weighted by molar-refractivity contribution is 0.128. The zero-order valence-corrected chi connectivity index (χ0v) is 22.3. The number of hydrogen-bond donors (Lipinski definition) is 3. The Labute approximate surface area is 217 Å². The third-order valence-electron chi connectivity index (χ3n) is 6.45. The Balaban J connectivity index is 1.36. The maximum atomic E-state index is 11.7. The molecule has 10 nitrogen and oxygen atoms in total. The minimum absolute atomic E-state index is 0.194. The molecule has 5 rings (SSSR count). The van der Waals surface area contributed by atoms with Crippen molar-refractivity contribution in [3.63, 3.8) is 0 Å². The Bertz CT molecular complexity index is 1500. The number of rotatable bonds is 6. The summed E-state index contributed by atoms with van der Waals surface area (Å²) in [6.07, 6.45) is 2.76. The van der Waals surface area contributed by atoms with Gasteiger partial charge in [-0.25, -0.2) is 18.4 Å². The normalized spacial score (nSPS) is 15.2. The van der Waals surface area contributed by atoms with Gasteiger partial charge in [0, 0.05) is 54.3 Å². The van der Waals surface area contributed by atoms with Gasteiger partial charge in [0.2, 0.25) is 10.0 Å². The van der Waals surface area contributed by atoms with E-state index < -0.39 is 10.0 Å². The SMILES string of the molecule is CC(C)(C)N1CCN(c2ccc(Nc3nc(-c4cccc(NS(C)(=O)=O)c4)nc4cn[nH]c34)cc2)CC1. The molecule has 4 aromatic rings. The van der Waals surface area contributed by atoms with E-state index in [0.717, 1.165) is 38.1 Å². The second-order valence-electron chi connectivity index (χ2n) is 10.3. The van der Waals surface area contributed by atoms with Crippen molar-refractivity contribution < 1.29 is 8.42 Å². The van der Waals surface area contributed by atoms with Crippen LogP contribution in [0.2, 0.25) is 0 Å². The number of aromatic amines is 1. The molecule has 37 heavy (non-hydrogen) atoms. The molecule has 0 atom stereocenters. The van der Waals surface area contributed by atoms with E-state index in [9.17, 15) is 8.42 Å². The van der Waals surface area contributed by atoms with Crippen molar-refractivity contribution in [2.45, 2.75) is 26.3 Å². The van der Waals surface area contributed by atoms with Crippen molar-refractivity contribution in [2.24, 2.45) is 0 Å². The number of sulfonamides is 1. The minimum atomic E-state index is -3.40. The van der Waals surface area contributed by atoms with E-state index in [-0.39, 0.29) is 5.54 Å². The number of hydrogen-bond acceptors (Lipinski definition) is 8. The number of fused-ring (bicyclic) bond motifs is 1.